The molecule has 180 valence electrons. The molecule has 2 aromatic carbocycles. The maximum atomic E-state index is 12.2. The lowest BCUT2D eigenvalue weighted by molar-refractivity contribution is 0.0954. The van der Waals surface area contributed by atoms with Crippen LogP contribution in [0, 0.1) is 0 Å². The Hall–Kier alpha value is -2.69. The Morgan fingerprint density at radius 1 is 1.15 bits per heavy atom. The van der Waals surface area contributed by atoms with Crippen molar-refractivity contribution in [1.82, 2.24) is 16.0 Å². The van der Waals surface area contributed by atoms with E-state index >= 15 is 0 Å². The van der Waals surface area contributed by atoms with Crippen LogP contribution in [0.5, 0.6) is 17.2 Å². The standard InChI is InChI=1S/C24H32N4O4.HI/c1-4-25-24(27-11-10-26-23(30)17-6-8-20(29)9-7-17)28-15-19-14-22-18(12-16(3)32-22)13-21(19)31-5-2;/h6-9,13-14,16,29H,4-5,10-12,15H2,1-3H3,(H,26,30)(H2,25,27,28);1H. The number of aliphatic imine (C=N–C) groups is 1. The Kier molecular flexibility index (Phi) is 10.6. The number of amides is 1. The zero-order valence-electron chi connectivity index (χ0n) is 19.3. The number of phenols is 1. The molecule has 8 nitrogen and oxygen atoms in total. The molecule has 0 bridgehead atoms. The first-order chi connectivity index (χ1) is 15.5. The van der Waals surface area contributed by atoms with Crippen molar-refractivity contribution in [2.75, 3.05) is 26.2 Å². The van der Waals surface area contributed by atoms with Crippen LogP contribution in [0.2, 0.25) is 0 Å². The van der Waals surface area contributed by atoms with Gasteiger partial charge in [0, 0.05) is 42.7 Å². The molecule has 1 unspecified atom stereocenters. The summed E-state index contributed by atoms with van der Waals surface area (Å²) in [6, 6.07) is 10.2. The van der Waals surface area contributed by atoms with Gasteiger partial charge >= 0.3 is 0 Å². The van der Waals surface area contributed by atoms with Gasteiger partial charge in [0.1, 0.15) is 23.4 Å². The Labute approximate surface area is 212 Å². The van der Waals surface area contributed by atoms with Gasteiger partial charge in [0.2, 0.25) is 0 Å². The lowest BCUT2D eigenvalue weighted by atomic mass is 10.1. The topological polar surface area (TPSA) is 104 Å². The number of carbonyl (C=O) groups excluding carboxylic acids is 1. The molecule has 0 saturated heterocycles. The van der Waals surface area contributed by atoms with Crippen molar-refractivity contribution in [3.8, 4) is 17.2 Å². The van der Waals surface area contributed by atoms with Crippen molar-refractivity contribution in [3.63, 3.8) is 0 Å². The first-order valence-electron chi connectivity index (χ1n) is 11.0. The summed E-state index contributed by atoms with van der Waals surface area (Å²) in [5.74, 6) is 2.34. The smallest absolute Gasteiger partial charge is 0.251 e. The quantitative estimate of drug-likeness (QED) is 0.160. The molecule has 0 saturated carbocycles. The van der Waals surface area contributed by atoms with Gasteiger partial charge in [-0.25, -0.2) is 4.99 Å². The molecule has 1 amide bonds. The molecule has 0 radical (unpaired) electrons. The number of rotatable bonds is 9. The summed E-state index contributed by atoms with van der Waals surface area (Å²) < 4.78 is 11.7. The third kappa shape index (κ3) is 7.69. The number of benzene rings is 2. The van der Waals surface area contributed by atoms with Gasteiger partial charge in [-0.05, 0) is 57.2 Å². The molecule has 9 heteroatoms. The summed E-state index contributed by atoms with van der Waals surface area (Å²) in [7, 11) is 0. The predicted molar refractivity (Wildman–Crippen MR) is 140 cm³/mol. The second-order valence-electron chi connectivity index (χ2n) is 7.56. The zero-order valence-corrected chi connectivity index (χ0v) is 21.6. The van der Waals surface area contributed by atoms with E-state index in [0.29, 0.717) is 37.8 Å². The number of guanidine groups is 1. The van der Waals surface area contributed by atoms with Crippen LogP contribution in [0.1, 0.15) is 42.3 Å². The summed E-state index contributed by atoms with van der Waals surface area (Å²) in [5, 5.41) is 18.6. The fraction of sp³-hybridized carbons (Fsp3) is 0.417. The Bertz CT molecular complexity index is 950. The number of fused-ring (bicyclic) bond motifs is 1. The maximum Gasteiger partial charge on any atom is 0.251 e. The normalized spacial score (nSPS) is 14.5. The van der Waals surface area contributed by atoms with Gasteiger partial charge < -0.3 is 30.5 Å². The summed E-state index contributed by atoms with van der Waals surface area (Å²) >= 11 is 0. The molecule has 0 aromatic heterocycles. The van der Waals surface area contributed by atoms with Crippen LogP contribution in [0.25, 0.3) is 0 Å². The largest absolute Gasteiger partial charge is 0.508 e. The van der Waals surface area contributed by atoms with Crippen LogP contribution in [0.4, 0.5) is 0 Å². The number of phenolic OH excluding ortho intramolecular Hbond substituents is 1. The van der Waals surface area contributed by atoms with E-state index in [2.05, 4.69) is 33.9 Å². The number of carbonyl (C=O) groups is 1. The van der Waals surface area contributed by atoms with Gasteiger partial charge in [-0.2, -0.15) is 0 Å². The van der Waals surface area contributed by atoms with Crippen molar-refractivity contribution in [2.45, 2.75) is 39.8 Å². The molecular weight excluding hydrogens is 535 g/mol. The second kappa shape index (κ2) is 13.1. The van der Waals surface area contributed by atoms with E-state index in [1.54, 1.807) is 12.1 Å². The average Bonchev–Trinajstić information content (AvgIpc) is 3.14. The van der Waals surface area contributed by atoms with E-state index in [1.165, 1.54) is 17.7 Å². The van der Waals surface area contributed by atoms with E-state index < -0.39 is 0 Å². The number of hydrogen-bond acceptors (Lipinski definition) is 5. The Morgan fingerprint density at radius 2 is 1.88 bits per heavy atom. The van der Waals surface area contributed by atoms with Gasteiger partial charge in [-0.3, -0.25) is 4.79 Å². The van der Waals surface area contributed by atoms with Crippen molar-refractivity contribution in [3.05, 3.63) is 53.1 Å². The molecule has 3 rings (SSSR count). The Morgan fingerprint density at radius 3 is 2.58 bits per heavy atom. The van der Waals surface area contributed by atoms with Crippen LogP contribution in [0.3, 0.4) is 0 Å². The third-order valence-electron chi connectivity index (χ3n) is 4.96. The maximum absolute atomic E-state index is 12.2. The van der Waals surface area contributed by atoms with Crippen molar-refractivity contribution < 1.29 is 19.4 Å². The molecule has 4 N–H and O–H groups in total. The van der Waals surface area contributed by atoms with E-state index in [-0.39, 0.29) is 41.7 Å². The SMILES string of the molecule is CCNC(=NCc1cc2c(cc1OCC)CC(C)O2)NCCNC(=O)c1ccc(O)cc1.I. The highest BCUT2D eigenvalue weighted by atomic mass is 127. The number of halogens is 1. The average molecular weight is 568 g/mol. The van der Waals surface area contributed by atoms with Crippen LogP contribution in [-0.2, 0) is 13.0 Å². The van der Waals surface area contributed by atoms with E-state index in [9.17, 15) is 9.90 Å². The van der Waals surface area contributed by atoms with Crippen LogP contribution in [0.15, 0.2) is 41.4 Å². The van der Waals surface area contributed by atoms with E-state index in [4.69, 9.17) is 9.47 Å². The number of ether oxygens (including phenoxy) is 2. The van der Waals surface area contributed by atoms with E-state index in [1.807, 2.05) is 19.9 Å². The molecule has 1 heterocycles. The summed E-state index contributed by atoms with van der Waals surface area (Å²) in [5.41, 5.74) is 2.64. The summed E-state index contributed by atoms with van der Waals surface area (Å²) in [4.78, 5) is 16.8. The fourth-order valence-corrected chi connectivity index (χ4v) is 3.47. The zero-order chi connectivity index (χ0) is 22.9. The highest BCUT2D eigenvalue weighted by Crippen LogP contribution is 2.35. The monoisotopic (exact) mass is 568 g/mol. The minimum absolute atomic E-state index is 0. The lowest BCUT2D eigenvalue weighted by Gasteiger charge is -2.14. The summed E-state index contributed by atoms with van der Waals surface area (Å²) in [6.07, 6.45) is 1.06. The van der Waals surface area contributed by atoms with Crippen molar-refractivity contribution in [1.29, 1.82) is 0 Å². The highest BCUT2D eigenvalue weighted by Gasteiger charge is 2.21. The minimum Gasteiger partial charge on any atom is -0.508 e. The number of nitrogens with zero attached hydrogens (tertiary/aromatic N) is 1. The van der Waals surface area contributed by atoms with Crippen molar-refractivity contribution in [2.24, 2.45) is 4.99 Å². The molecule has 1 atom stereocenters. The number of hydrogen-bond donors (Lipinski definition) is 4. The fourth-order valence-electron chi connectivity index (χ4n) is 3.47. The van der Waals surface area contributed by atoms with Crippen LogP contribution in [-0.4, -0.2) is 49.3 Å². The molecule has 1 aliphatic rings. The van der Waals surface area contributed by atoms with Crippen LogP contribution >= 0.6 is 24.0 Å². The molecule has 0 spiro atoms. The first kappa shape index (κ1) is 26.6. The van der Waals surface area contributed by atoms with Gasteiger partial charge in [0.15, 0.2) is 5.96 Å². The molecule has 2 aromatic rings. The van der Waals surface area contributed by atoms with Crippen LogP contribution < -0.4 is 25.4 Å². The second-order valence-corrected chi connectivity index (χ2v) is 7.56. The minimum atomic E-state index is -0.192. The van der Waals surface area contributed by atoms with Gasteiger partial charge in [0.05, 0.1) is 13.2 Å². The molecule has 33 heavy (non-hydrogen) atoms. The van der Waals surface area contributed by atoms with Gasteiger partial charge in [0.25, 0.3) is 5.91 Å². The molecular formula is C24H33IN4O4. The predicted octanol–water partition coefficient (Wildman–Crippen LogP) is 3.22. The molecule has 0 aliphatic carbocycles. The third-order valence-corrected chi connectivity index (χ3v) is 4.96. The molecule has 1 aliphatic heterocycles. The number of aromatic hydroxyl groups is 1. The lowest BCUT2D eigenvalue weighted by Crippen LogP contribution is -2.41. The van der Waals surface area contributed by atoms with Gasteiger partial charge in [-0.15, -0.1) is 24.0 Å². The first-order valence-corrected chi connectivity index (χ1v) is 11.0. The Balaban J connectivity index is 0.00000385. The molecule has 0 fully saturated rings. The highest BCUT2D eigenvalue weighted by molar-refractivity contribution is 14.0. The number of nitrogens with one attached hydrogen (secondary N) is 3. The van der Waals surface area contributed by atoms with Crippen molar-refractivity contribution >= 4 is 35.8 Å². The van der Waals surface area contributed by atoms with Gasteiger partial charge in [-0.1, -0.05) is 0 Å². The summed E-state index contributed by atoms with van der Waals surface area (Å²) in [6.45, 7) is 8.72. The van der Waals surface area contributed by atoms with E-state index in [0.717, 1.165) is 30.0 Å².